The molecule has 0 spiro atoms. The molecule has 0 saturated heterocycles. The number of nitriles is 1. The van der Waals surface area contributed by atoms with Crippen LogP contribution in [0.3, 0.4) is 0 Å². The number of nitrogens with zero attached hydrogens (tertiary/aromatic N) is 1. The van der Waals surface area contributed by atoms with Crippen LogP contribution in [0.4, 0.5) is 5.69 Å². The van der Waals surface area contributed by atoms with Crippen LogP contribution >= 0.6 is 34.2 Å². The van der Waals surface area contributed by atoms with Crippen LogP contribution in [0.25, 0.3) is 6.08 Å². The third-order valence-electron chi connectivity index (χ3n) is 2.65. The molecule has 2 aromatic carbocycles. The number of nitrogens with one attached hydrogen (secondary N) is 1. The van der Waals surface area contributed by atoms with Gasteiger partial charge in [0.05, 0.1) is 5.69 Å². The molecule has 0 saturated carbocycles. The SMILES string of the molecule is N#C/C(=C/c1cccc(Cl)c1)C(=O)Nc1ccccc1I. The standard InChI is InChI=1S/C16H10ClIN2O/c17-13-5-3-4-11(9-13)8-12(10-19)16(21)20-15-7-2-1-6-14(15)18/h1-9H,(H,20,21)/b12-8-. The number of amides is 1. The Bertz CT molecular complexity index is 750. The summed E-state index contributed by atoms with van der Waals surface area (Å²) in [5.41, 5.74) is 1.41. The molecule has 0 aliphatic heterocycles. The summed E-state index contributed by atoms with van der Waals surface area (Å²) >= 11 is 8.01. The van der Waals surface area contributed by atoms with E-state index >= 15 is 0 Å². The lowest BCUT2D eigenvalue weighted by Gasteiger charge is -2.06. The average molecular weight is 409 g/mol. The summed E-state index contributed by atoms with van der Waals surface area (Å²) in [6.45, 7) is 0. The topological polar surface area (TPSA) is 52.9 Å². The Labute approximate surface area is 141 Å². The van der Waals surface area contributed by atoms with Crippen molar-refractivity contribution in [3.8, 4) is 6.07 Å². The van der Waals surface area contributed by atoms with Crippen LogP contribution in [0.1, 0.15) is 5.56 Å². The highest BCUT2D eigenvalue weighted by molar-refractivity contribution is 14.1. The Kier molecular flexibility index (Phi) is 5.37. The minimum absolute atomic E-state index is 0.0249. The van der Waals surface area contributed by atoms with Crippen molar-refractivity contribution < 1.29 is 4.79 Å². The van der Waals surface area contributed by atoms with Crippen molar-refractivity contribution in [1.29, 1.82) is 5.26 Å². The number of hydrogen-bond donors (Lipinski definition) is 1. The fourth-order valence-corrected chi connectivity index (χ4v) is 2.38. The van der Waals surface area contributed by atoms with Gasteiger partial charge < -0.3 is 5.32 Å². The molecule has 0 fully saturated rings. The second kappa shape index (κ2) is 7.25. The first kappa shape index (κ1) is 15.5. The van der Waals surface area contributed by atoms with Gasteiger partial charge in [0.15, 0.2) is 0 Å². The summed E-state index contributed by atoms with van der Waals surface area (Å²) in [7, 11) is 0. The molecular weight excluding hydrogens is 399 g/mol. The van der Waals surface area contributed by atoms with Crippen molar-refractivity contribution in [1.82, 2.24) is 0 Å². The van der Waals surface area contributed by atoms with Crippen LogP contribution in [0.2, 0.25) is 5.02 Å². The van der Waals surface area contributed by atoms with E-state index in [0.29, 0.717) is 16.3 Å². The summed E-state index contributed by atoms with van der Waals surface area (Å²) in [5, 5.41) is 12.4. The Morgan fingerprint density at radius 2 is 2.00 bits per heavy atom. The summed E-state index contributed by atoms with van der Waals surface area (Å²) in [5.74, 6) is -0.443. The molecule has 1 amide bonds. The van der Waals surface area contributed by atoms with E-state index in [4.69, 9.17) is 16.9 Å². The van der Waals surface area contributed by atoms with Gasteiger partial charge in [-0.05, 0) is 58.5 Å². The molecule has 0 atom stereocenters. The predicted molar refractivity (Wildman–Crippen MR) is 92.8 cm³/mol. The maximum absolute atomic E-state index is 12.1. The van der Waals surface area contributed by atoms with Crippen molar-refractivity contribution >= 4 is 51.9 Å². The minimum Gasteiger partial charge on any atom is -0.320 e. The number of para-hydroxylation sites is 1. The second-order valence-electron chi connectivity index (χ2n) is 4.16. The number of hydrogen-bond acceptors (Lipinski definition) is 2. The molecule has 21 heavy (non-hydrogen) atoms. The van der Waals surface area contributed by atoms with Gasteiger partial charge in [-0.2, -0.15) is 5.26 Å². The van der Waals surface area contributed by atoms with Crippen LogP contribution in [-0.4, -0.2) is 5.91 Å². The minimum atomic E-state index is -0.443. The fourth-order valence-electron chi connectivity index (χ4n) is 1.66. The van der Waals surface area contributed by atoms with E-state index in [1.54, 1.807) is 30.3 Å². The van der Waals surface area contributed by atoms with Crippen LogP contribution < -0.4 is 5.32 Å². The van der Waals surface area contributed by atoms with Gasteiger partial charge in [0, 0.05) is 8.59 Å². The molecule has 5 heteroatoms. The van der Waals surface area contributed by atoms with Gasteiger partial charge >= 0.3 is 0 Å². The molecule has 2 aromatic rings. The summed E-state index contributed by atoms with van der Waals surface area (Å²) in [6, 6.07) is 16.3. The van der Waals surface area contributed by atoms with E-state index in [1.165, 1.54) is 6.08 Å². The third-order valence-corrected chi connectivity index (χ3v) is 3.82. The number of halogens is 2. The van der Waals surface area contributed by atoms with Crippen molar-refractivity contribution in [3.05, 3.63) is 68.3 Å². The lowest BCUT2D eigenvalue weighted by molar-refractivity contribution is -0.112. The summed E-state index contributed by atoms with van der Waals surface area (Å²) in [4.78, 5) is 12.1. The van der Waals surface area contributed by atoms with E-state index in [2.05, 4.69) is 27.9 Å². The predicted octanol–water partition coefficient (Wildman–Crippen LogP) is 4.49. The first-order valence-corrected chi connectivity index (χ1v) is 7.49. The van der Waals surface area contributed by atoms with Gasteiger partial charge in [0.2, 0.25) is 0 Å². The highest BCUT2D eigenvalue weighted by Gasteiger charge is 2.10. The zero-order chi connectivity index (χ0) is 15.2. The first-order valence-electron chi connectivity index (χ1n) is 6.03. The monoisotopic (exact) mass is 408 g/mol. The Hall–Kier alpha value is -1.84. The lowest BCUT2D eigenvalue weighted by Crippen LogP contribution is -2.14. The van der Waals surface area contributed by atoms with Gasteiger partial charge in [0.25, 0.3) is 5.91 Å². The van der Waals surface area contributed by atoms with E-state index in [0.717, 1.165) is 3.57 Å². The van der Waals surface area contributed by atoms with Gasteiger partial charge in [-0.15, -0.1) is 0 Å². The first-order chi connectivity index (χ1) is 10.1. The van der Waals surface area contributed by atoms with Crippen molar-refractivity contribution in [3.63, 3.8) is 0 Å². The van der Waals surface area contributed by atoms with Crippen molar-refractivity contribution in [2.75, 3.05) is 5.32 Å². The van der Waals surface area contributed by atoms with Crippen LogP contribution in [0.15, 0.2) is 54.1 Å². The zero-order valence-electron chi connectivity index (χ0n) is 10.8. The number of benzene rings is 2. The molecular formula is C16H10ClIN2O. The van der Waals surface area contributed by atoms with Gasteiger partial charge in [-0.3, -0.25) is 4.79 Å². The molecule has 0 aromatic heterocycles. The Balaban J connectivity index is 2.24. The quantitative estimate of drug-likeness (QED) is 0.462. The summed E-state index contributed by atoms with van der Waals surface area (Å²) in [6.07, 6.45) is 1.51. The molecule has 3 nitrogen and oxygen atoms in total. The molecule has 2 rings (SSSR count). The lowest BCUT2D eigenvalue weighted by atomic mass is 10.1. The maximum atomic E-state index is 12.1. The number of rotatable bonds is 3. The molecule has 1 N–H and O–H groups in total. The fraction of sp³-hybridized carbons (Fsp3) is 0. The Morgan fingerprint density at radius 1 is 1.24 bits per heavy atom. The van der Waals surface area contributed by atoms with E-state index in [9.17, 15) is 4.79 Å². The Morgan fingerprint density at radius 3 is 2.67 bits per heavy atom. The number of carbonyl (C=O) groups is 1. The second-order valence-corrected chi connectivity index (χ2v) is 5.76. The van der Waals surface area contributed by atoms with Gasteiger partial charge in [-0.25, -0.2) is 0 Å². The zero-order valence-corrected chi connectivity index (χ0v) is 13.7. The highest BCUT2D eigenvalue weighted by Crippen LogP contribution is 2.19. The van der Waals surface area contributed by atoms with Crippen molar-refractivity contribution in [2.24, 2.45) is 0 Å². The summed E-state index contributed by atoms with van der Waals surface area (Å²) < 4.78 is 0.906. The highest BCUT2D eigenvalue weighted by atomic mass is 127. The van der Waals surface area contributed by atoms with E-state index in [-0.39, 0.29) is 5.57 Å². The van der Waals surface area contributed by atoms with Crippen LogP contribution in [-0.2, 0) is 4.79 Å². The molecule has 0 aliphatic rings. The molecule has 0 bridgehead atoms. The van der Waals surface area contributed by atoms with Crippen LogP contribution in [0, 0.1) is 14.9 Å². The van der Waals surface area contributed by atoms with Gasteiger partial charge in [-0.1, -0.05) is 35.9 Å². The smallest absolute Gasteiger partial charge is 0.266 e. The number of anilines is 1. The van der Waals surface area contributed by atoms with E-state index in [1.807, 2.05) is 24.3 Å². The normalized spacial score (nSPS) is 10.8. The van der Waals surface area contributed by atoms with E-state index < -0.39 is 5.91 Å². The maximum Gasteiger partial charge on any atom is 0.266 e. The molecule has 0 heterocycles. The largest absolute Gasteiger partial charge is 0.320 e. The van der Waals surface area contributed by atoms with Crippen LogP contribution in [0.5, 0.6) is 0 Å². The molecule has 0 aliphatic carbocycles. The third kappa shape index (κ3) is 4.31. The van der Waals surface area contributed by atoms with Gasteiger partial charge in [0.1, 0.15) is 11.6 Å². The molecule has 104 valence electrons. The average Bonchev–Trinajstić information content (AvgIpc) is 2.47. The molecule has 0 radical (unpaired) electrons. The van der Waals surface area contributed by atoms with Crippen molar-refractivity contribution in [2.45, 2.75) is 0 Å². The number of carbonyl (C=O) groups excluding carboxylic acids is 1. The molecule has 0 unspecified atom stereocenters.